The maximum Gasteiger partial charge on any atom is 0.126 e. The number of allylic oxidation sites excluding steroid dienone is 1. The Kier molecular flexibility index (Phi) is 3.47. The standard InChI is InChI=1S/C13H12O.H2O/c1-2-5-11-9-8-10-6-3-4-7-12(10)13(11)14;/h2-4,6-9,14H,1,5H2;1H2. The normalized spacial score (nSPS) is 9.60. The van der Waals surface area contributed by atoms with Gasteiger partial charge in [-0.05, 0) is 17.4 Å². The van der Waals surface area contributed by atoms with Gasteiger partial charge in [0, 0.05) is 5.39 Å². The first-order valence-corrected chi connectivity index (χ1v) is 4.63. The van der Waals surface area contributed by atoms with Crippen molar-refractivity contribution in [3.8, 4) is 5.75 Å². The second-order valence-electron chi connectivity index (χ2n) is 3.29. The first-order chi connectivity index (χ1) is 6.83. The van der Waals surface area contributed by atoms with Gasteiger partial charge in [-0.1, -0.05) is 42.5 Å². The van der Waals surface area contributed by atoms with Crippen molar-refractivity contribution >= 4 is 10.8 Å². The van der Waals surface area contributed by atoms with Crippen LogP contribution in [0.2, 0.25) is 0 Å². The molecule has 3 N–H and O–H groups in total. The second-order valence-corrected chi connectivity index (χ2v) is 3.29. The summed E-state index contributed by atoms with van der Waals surface area (Å²) in [5.74, 6) is 0.378. The zero-order chi connectivity index (χ0) is 9.97. The Bertz CT molecular complexity index is 475. The van der Waals surface area contributed by atoms with Gasteiger partial charge in [0.15, 0.2) is 0 Å². The molecular formula is C13H14O2. The average Bonchev–Trinajstić information content (AvgIpc) is 2.23. The van der Waals surface area contributed by atoms with Crippen molar-refractivity contribution in [2.75, 3.05) is 0 Å². The van der Waals surface area contributed by atoms with E-state index in [0.717, 1.165) is 16.3 Å². The van der Waals surface area contributed by atoms with E-state index in [0.29, 0.717) is 12.2 Å². The lowest BCUT2D eigenvalue weighted by atomic mass is 10.0. The van der Waals surface area contributed by atoms with Crippen LogP contribution in [0.4, 0.5) is 0 Å². The zero-order valence-electron chi connectivity index (χ0n) is 8.40. The summed E-state index contributed by atoms with van der Waals surface area (Å²) in [6.07, 6.45) is 2.50. The summed E-state index contributed by atoms with van der Waals surface area (Å²) < 4.78 is 0. The predicted molar refractivity (Wildman–Crippen MR) is 63.1 cm³/mol. The maximum atomic E-state index is 9.93. The average molecular weight is 202 g/mol. The fourth-order valence-corrected chi connectivity index (χ4v) is 1.62. The molecule has 15 heavy (non-hydrogen) atoms. The van der Waals surface area contributed by atoms with E-state index in [1.54, 1.807) is 6.08 Å². The number of rotatable bonds is 2. The van der Waals surface area contributed by atoms with Crippen molar-refractivity contribution in [2.45, 2.75) is 6.42 Å². The van der Waals surface area contributed by atoms with Crippen LogP contribution in [0.5, 0.6) is 5.75 Å². The Morgan fingerprint density at radius 2 is 1.87 bits per heavy atom. The summed E-state index contributed by atoms with van der Waals surface area (Å²) in [4.78, 5) is 0. The van der Waals surface area contributed by atoms with E-state index < -0.39 is 0 Å². The molecule has 0 aromatic heterocycles. The maximum absolute atomic E-state index is 9.93. The molecule has 2 aromatic carbocycles. The highest BCUT2D eigenvalue weighted by molar-refractivity contribution is 5.89. The van der Waals surface area contributed by atoms with Gasteiger partial charge in [0.25, 0.3) is 0 Å². The molecule has 0 radical (unpaired) electrons. The molecule has 0 heterocycles. The van der Waals surface area contributed by atoms with Crippen molar-refractivity contribution in [1.29, 1.82) is 0 Å². The fourth-order valence-electron chi connectivity index (χ4n) is 1.62. The predicted octanol–water partition coefficient (Wildman–Crippen LogP) is 2.45. The molecule has 0 aliphatic heterocycles. The number of hydrogen-bond donors (Lipinski definition) is 1. The molecule has 0 aliphatic carbocycles. The molecule has 0 atom stereocenters. The molecule has 0 fully saturated rings. The lowest BCUT2D eigenvalue weighted by Crippen LogP contribution is -1.83. The van der Waals surface area contributed by atoms with Gasteiger partial charge >= 0.3 is 0 Å². The number of phenolic OH excluding ortho intramolecular Hbond substituents is 1. The molecule has 2 heteroatoms. The summed E-state index contributed by atoms with van der Waals surface area (Å²) in [6, 6.07) is 11.8. The number of phenols is 1. The highest BCUT2D eigenvalue weighted by Crippen LogP contribution is 2.28. The molecule has 0 amide bonds. The molecule has 0 bridgehead atoms. The van der Waals surface area contributed by atoms with Crippen LogP contribution in [-0.4, -0.2) is 10.6 Å². The lowest BCUT2D eigenvalue weighted by molar-refractivity contribution is 0.476. The monoisotopic (exact) mass is 202 g/mol. The number of hydrogen-bond acceptors (Lipinski definition) is 1. The lowest BCUT2D eigenvalue weighted by Gasteiger charge is -2.05. The fraction of sp³-hybridized carbons (Fsp3) is 0.0769. The van der Waals surface area contributed by atoms with Crippen LogP contribution in [0.15, 0.2) is 49.1 Å². The summed E-state index contributed by atoms with van der Waals surface area (Å²) in [7, 11) is 0. The van der Waals surface area contributed by atoms with Gasteiger partial charge in [-0.3, -0.25) is 0 Å². The van der Waals surface area contributed by atoms with E-state index in [-0.39, 0.29) is 5.48 Å². The second kappa shape index (κ2) is 4.62. The van der Waals surface area contributed by atoms with Crippen molar-refractivity contribution < 1.29 is 10.6 Å². The number of benzene rings is 2. The first kappa shape index (κ1) is 11.3. The molecule has 0 aliphatic rings. The van der Waals surface area contributed by atoms with Crippen LogP contribution in [-0.2, 0) is 6.42 Å². The minimum atomic E-state index is 0. The van der Waals surface area contributed by atoms with Crippen molar-refractivity contribution in [3.05, 3.63) is 54.6 Å². The Labute approximate surface area is 88.8 Å². The van der Waals surface area contributed by atoms with Crippen LogP contribution in [0.25, 0.3) is 10.8 Å². The molecule has 0 saturated heterocycles. The van der Waals surface area contributed by atoms with Crippen molar-refractivity contribution in [1.82, 2.24) is 0 Å². The van der Waals surface area contributed by atoms with E-state index in [4.69, 9.17) is 0 Å². The minimum Gasteiger partial charge on any atom is -0.507 e. The largest absolute Gasteiger partial charge is 0.507 e. The molecule has 0 spiro atoms. The molecule has 0 unspecified atom stereocenters. The van der Waals surface area contributed by atoms with Gasteiger partial charge in [-0.2, -0.15) is 0 Å². The summed E-state index contributed by atoms with van der Waals surface area (Å²) >= 11 is 0. The van der Waals surface area contributed by atoms with E-state index in [1.807, 2.05) is 36.4 Å². The van der Waals surface area contributed by atoms with Gasteiger partial charge in [-0.15, -0.1) is 6.58 Å². The Hall–Kier alpha value is -1.80. The van der Waals surface area contributed by atoms with Gasteiger partial charge in [0.2, 0.25) is 0 Å². The van der Waals surface area contributed by atoms with E-state index in [2.05, 4.69) is 6.58 Å². The third kappa shape index (κ3) is 2.00. The van der Waals surface area contributed by atoms with Crippen LogP contribution in [0, 0.1) is 0 Å². The minimum absolute atomic E-state index is 0. The molecular weight excluding hydrogens is 188 g/mol. The van der Waals surface area contributed by atoms with Crippen LogP contribution in [0.1, 0.15) is 5.56 Å². The SMILES string of the molecule is C=CCc1ccc2ccccc2c1O.O. The third-order valence-electron chi connectivity index (χ3n) is 2.35. The van der Waals surface area contributed by atoms with Crippen molar-refractivity contribution in [2.24, 2.45) is 0 Å². The summed E-state index contributed by atoms with van der Waals surface area (Å²) in [5.41, 5.74) is 0.929. The Morgan fingerprint density at radius 1 is 1.13 bits per heavy atom. The topological polar surface area (TPSA) is 51.7 Å². The van der Waals surface area contributed by atoms with Crippen molar-refractivity contribution in [3.63, 3.8) is 0 Å². The van der Waals surface area contributed by atoms with Crippen LogP contribution in [0.3, 0.4) is 0 Å². The van der Waals surface area contributed by atoms with Gasteiger partial charge in [0.1, 0.15) is 5.75 Å². The van der Waals surface area contributed by atoms with Crippen LogP contribution < -0.4 is 0 Å². The molecule has 2 rings (SSSR count). The summed E-state index contributed by atoms with van der Waals surface area (Å²) in [5, 5.41) is 11.9. The molecule has 0 saturated carbocycles. The summed E-state index contributed by atoms with van der Waals surface area (Å²) in [6.45, 7) is 3.67. The van der Waals surface area contributed by atoms with Gasteiger partial charge in [0.05, 0.1) is 0 Å². The number of aromatic hydroxyl groups is 1. The first-order valence-electron chi connectivity index (χ1n) is 4.63. The highest BCUT2D eigenvalue weighted by Gasteiger charge is 2.03. The highest BCUT2D eigenvalue weighted by atomic mass is 16.3. The quantitative estimate of drug-likeness (QED) is 0.747. The van der Waals surface area contributed by atoms with Gasteiger partial charge < -0.3 is 10.6 Å². The van der Waals surface area contributed by atoms with Gasteiger partial charge in [-0.25, -0.2) is 0 Å². The van der Waals surface area contributed by atoms with E-state index in [9.17, 15) is 5.11 Å². The Morgan fingerprint density at radius 3 is 2.60 bits per heavy atom. The van der Waals surface area contributed by atoms with E-state index >= 15 is 0 Å². The van der Waals surface area contributed by atoms with E-state index in [1.165, 1.54) is 0 Å². The molecule has 2 aromatic rings. The van der Waals surface area contributed by atoms with Crippen LogP contribution >= 0.6 is 0 Å². The molecule has 2 nitrogen and oxygen atoms in total. The Balaban J connectivity index is 0.00000112. The zero-order valence-corrected chi connectivity index (χ0v) is 8.40. The third-order valence-corrected chi connectivity index (χ3v) is 2.35. The smallest absolute Gasteiger partial charge is 0.126 e. The number of fused-ring (bicyclic) bond motifs is 1. The molecule has 78 valence electrons.